The summed E-state index contributed by atoms with van der Waals surface area (Å²) in [6.45, 7) is 2.68. The van der Waals surface area contributed by atoms with E-state index in [4.69, 9.17) is 0 Å². The number of hydrogen-bond donors (Lipinski definition) is 2. The van der Waals surface area contributed by atoms with Crippen LogP contribution < -0.4 is 5.32 Å². The zero-order valence-electron chi connectivity index (χ0n) is 7.47. The molecule has 2 rings (SSSR count). The molecule has 0 radical (unpaired) electrons. The van der Waals surface area contributed by atoms with E-state index in [1.165, 1.54) is 0 Å². The third-order valence-corrected chi connectivity index (χ3v) is 3.17. The third kappa shape index (κ3) is 1.46. The van der Waals surface area contributed by atoms with Crippen LogP contribution in [0.2, 0.25) is 0 Å². The molecule has 0 aliphatic carbocycles. The van der Waals surface area contributed by atoms with E-state index in [0.29, 0.717) is 0 Å². The molecule has 3 heteroatoms. The van der Waals surface area contributed by atoms with Crippen LogP contribution in [-0.4, -0.2) is 11.7 Å². The second-order valence-electron chi connectivity index (χ2n) is 3.61. The lowest BCUT2D eigenvalue weighted by Gasteiger charge is -2.32. The molecule has 1 aliphatic rings. The van der Waals surface area contributed by atoms with Crippen molar-refractivity contribution in [3.8, 4) is 0 Å². The maximum Gasteiger partial charge on any atom is 0.0905 e. The molecule has 0 aromatic heterocycles. The second-order valence-corrected chi connectivity index (χ2v) is 4.47. The first kappa shape index (κ1) is 9.03. The third-order valence-electron chi connectivity index (χ3n) is 2.51. The van der Waals surface area contributed by atoms with Crippen molar-refractivity contribution < 1.29 is 5.11 Å². The number of halogens is 1. The molecular formula is C10H12BrNO. The van der Waals surface area contributed by atoms with Crippen molar-refractivity contribution in [2.24, 2.45) is 0 Å². The van der Waals surface area contributed by atoms with Crippen LogP contribution >= 0.6 is 15.9 Å². The topological polar surface area (TPSA) is 32.3 Å². The van der Waals surface area contributed by atoms with Gasteiger partial charge >= 0.3 is 0 Å². The molecule has 0 saturated carbocycles. The molecule has 13 heavy (non-hydrogen) atoms. The predicted octanol–water partition coefficient (Wildman–Crippen LogP) is 2.47. The molecule has 0 amide bonds. The monoisotopic (exact) mass is 241 g/mol. The Bertz CT molecular complexity index is 336. The van der Waals surface area contributed by atoms with Gasteiger partial charge in [-0.25, -0.2) is 0 Å². The number of benzene rings is 1. The smallest absolute Gasteiger partial charge is 0.0905 e. The Morgan fingerprint density at radius 3 is 3.00 bits per heavy atom. The van der Waals surface area contributed by atoms with E-state index in [-0.39, 0.29) is 0 Å². The van der Waals surface area contributed by atoms with Gasteiger partial charge < -0.3 is 10.4 Å². The van der Waals surface area contributed by atoms with Crippen molar-refractivity contribution in [3.63, 3.8) is 0 Å². The SMILES string of the molecule is CC1(O)CCNc2c(Br)cccc21. The van der Waals surface area contributed by atoms with E-state index in [2.05, 4.69) is 21.2 Å². The summed E-state index contributed by atoms with van der Waals surface area (Å²) in [6, 6.07) is 5.89. The lowest BCUT2D eigenvalue weighted by Crippen LogP contribution is -2.30. The fourth-order valence-corrected chi connectivity index (χ4v) is 2.22. The first-order valence-electron chi connectivity index (χ1n) is 4.36. The molecular weight excluding hydrogens is 230 g/mol. The molecule has 0 fully saturated rings. The van der Waals surface area contributed by atoms with Gasteiger partial charge in [0.1, 0.15) is 0 Å². The van der Waals surface area contributed by atoms with Gasteiger partial charge in [-0.15, -0.1) is 0 Å². The van der Waals surface area contributed by atoms with Gasteiger partial charge in [-0.3, -0.25) is 0 Å². The van der Waals surface area contributed by atoms with Gasteiger partial charge in [0.2, 0.25) is 0 Å². The van der Waals surface area contributed by atoms with E-state index in [1.54, 1.807) is 0 Å². The molecule has 1 aromatic rings. The number of anilines is 1. The summed E-state index contributed by atoms with van der Waals surface area (Å²) in [5, 5.41) is 13.4. The summed E-state index contributed by atoms with van der Waals surface area (Å²) in [4.78, 5) is 0. The molecule has 1 unspecified atom stereocenters. The van der Waals surface area contributed by atoms with Gasteiger partial charge in [0.05, 0.1) is 11.3 Å². The lowest BCUT2D eigenvalue weighted by atomic mass is 9.88. The molecule has 0 saturated heterocycles. The Balaban J connectivity index is 2.58. The van der Waals surface area contributed by atoms with Crippen molar-refractivity contribution in [1.82, 2.24) is 0 Å². The fraction of sp³-hybridized carbons (Fsp3) is 0.400. The van der Waals surface area contributed by atoms with Gasteiger partial charge in [0, 0.05) is 16.6 Å². The number of fused-ring (bicyclic) bond motifs is 1. The van der Waals surface area contributed by atoms with Crippen LogP contribution in [0.4, 0.5) is 5.69 Å². The summed E-state index contributed by atoms with van der Waals surface area (Å²) in [7, 11) is 0. The Morgan fingerprint density at radius 1 is 1.54 bits per heavy atom. The van der Waals surface area contributed by atoms with Crippen LogP contribution in [0.25, 0.3) is 0 Å². The minimum atomic E-state index is -0.690. The molecule has 1 aromatic carbocycles. The van der Waals surface area contributed by atoms with Crippen molar-refractivity contribution >= 4 is 21.6 Å². The predicted molar refractivity (Wildman–Crippen MR) is 56.8 cm³/mol. The molecule has 1 heterocycles. The van der Waals surface area contributed by atoms with Crippen molar-refractivity contribution in [2.45, 2.75) is 18.9 Å². The van der Waals surface area contributed by atoms with Crippen molar-refractivity contribution in [2.75, 3.05) is 11.9 Å². The van der Waals surface area contributed by atoms with Crippen LogP contribution in [-0.2, 0) is 5.60 Å². The van der Waals surface area contributed by atoms with E-state index in [9.17, 15) is 5.11 Å². The molecule has 0 bridgehead atoms. The van der Waals surface area contributed by atoms with Crippen molar-refractivity contribution in [1.29, 1.82) is 0 Å². The van der Waals surface area contributed by atoms with Gasteiger partial charge in [-0.05, 0) is 35.3 Å². The van der Waals surface area contributed by atoms with E-state index < -0.39 is 5.60 Å². The van der Waals surface area contributed by atoms with Crippen LogP contribution in [0, 0.1) is 0 Å². The summed E-state index contributed by atoms with van der Waals surface area (Å²) >= 11 is 3.46. The summed E-state index contributed by atoms with van der Waals surface area (Å²) in [5.41, 5.74) is 1.32. The number of hydrogen-bond acceptors (Lipinski definition) is 2. The second kappa shape index (κ2) is 3.00. The molecule has 1 atom stereocenters. The summed E-state index contributed by atoms with van der Waals surface area (Å²) < 4.78 is 1.02. The van der Waals surface area contributed by atoms with E-state index >= 15 is 0 Å². The highest BCUT2D eigenvalue weighted by Gasteiger charge is 2.29. The van der Waals surface area contributed by atoms with E-state index in [0.717, 1.165) is 28.7 Å². The van der Waals surface area contributed by atoms with Gasteiger partial charge in [0.15, 0.2) is 0 Å². The Kier molecular flexibility index (Phi) is 2.08. The molecule has 1 aliphatic heterocycles. The van der Waals surface area contributed by atoms with Crippen LogP contribution in [0.1, 0.15) is 18.9 Å². The molecule has 70 valence electrons. The minimum Gasteiger partial charge on any atom is -0.385 e. The Morgan fingerprint density at radius 2 is 2.31 bits per heavy atom. The summed E-state index contributed by atoms with van der Waals surface area (Å²) in [5.74, 6) is 0. The number of aliphatic hydroxyl groups is 1. The standard InChI is InChI=1S/C10H12BrNO/c1-10(13)5-6-12-9-7(10)3-2-4-8(9)11/h2-4,12-13H,5-6H2,1H3. The van der Waals surface area contributed by atoms with Crippen LogP contribution in [0.3, 0.4) is 0 Å². The van der Waals surface area contributed by atoms with Crippen LogP contribution in [0.15, 0.2) is 22.7 Å². The minimum absolute atomic E-state index is 0.690. The number of nitrogens with one attached hydrogen (secondary N) is 1. The maximum atomic E-state index is 10.1. The van der Waals surface area contributed by atoms with Gasteiger partial charge in [0.25, 0.3) is 0 Å². The van der Waals surface area contributed by atoms with Crippen molar-refractivity contribution in [3.05, 3.63) is 28.2 Å². The first-order chi connectivity index (χ1) is 6.11. The average Bonchev–Trinajstić information content (AvgIpc) is 2.06. The fourth-order valence-electron chi connectivity index (χ4n) is 1.72. The average molecular weight is 242 g/mol. The highest BCUT2D eigenvalue weighted by molar-refractivity contribution is 9.10. The zero-order valence-corrected chi connectivity index (χ0v) is 9.06. The zero-order chi connectivity index (χ0) is 9.47. The Labute approximate surface area is 86.1 Å². The Hall–Kier alpha value is -0.540. The van der Waals surface area contributed by atoms with Gasteiger partial charge in [-0.2, -0.15) is 0 Å². The summed E-state index contributed by atoms with van der Waals surface area (Å²) in [6.07, 6.45) is 0.760. The van der Waals surface area contributed by atoms with Crippen LogP contribution in [0.5, 0.6) is 0 Å². The van der Waals surface area contributed by atoms with Gasteiger partial charge in [-0.1, -0.05) is 12.1 Å². The highest BCUT2D eigenvalue weighted by Crippen LogP contribution is 2.38. The normalized spacial score (nSPS) is 26.4. The quantitative estimate of drug-likeness (QED) is 0.732. The number of para-hydroxylation sites is 1. The maximum absolute atomic E-state index is 10.1. The first-order valence-corrected chi connectivity index (χ1v) is 5.16. The largest absolute Gasteiger partial charge is 0.385 e. The van der Waals surface area contributed by atoms with E-state index in [1.807, 2.05) is 25.1 Å². The highest BCUT2D eigenvalue weighted by atomic mass is 79.9. The number of rotatable bonds is 0. The molecule has 2 nitrogen and oxygen atoms in total. The molecule has 0 spiro atoms. The molecule has 2 N–H and O–H groups in total. The lowest BCUT2D eigenvalue weighted by molar-refractivity contribution is 0.0487.